The monoisotopic (exact) mass is 793 g/mol. The SMILES string of the molecule is c1ccc(-c2ccc(N(c3ccccc3)c3ccc(-c4ccc(-c5ccc(N(c6ccccc6)c6ccc(-c7ccccc7)s6)cc5)n4-c4ccccc4)cc3)s2)cc1. The molecule has 10 rings (SSSR count). The Labute approximate surface area is 353 Å². The molecule has 3 nitrogen and oxygen atoms in total. The molecule has 0 spiro atoms. The maximum atomic E-state index is 2.38. The smallest absolute Gasteiger partial charge is 0.101 e. The van der Waals surface area contributed by atoms with Crippen LogP contribution in [0.2, 0.25) is 0 Å². The fourth-order valence-corrected chi connectivity index (χ4v) is 9.78. The lowest BCUT2D eigenvalue weighted by molar-refractivity contribution is 1.09. The molecule has 0 radical (unpaired) electrons. The summed E-state index contributed by atoms with van der Waals surface area (Å²) in [5.74, 6) is 0. The molecule has 5 heteroatoms. The van der Waals surface area contributed by atoms with Gasteiger partial charge in [-0.25, -0.2) is 0 Å². The van der Waals surface area contributed by atoms with Gasteiger partial charge in [0.25, 0.3) is 0 Å². The first kappa shape index (κ1) is 36.2. The lowest BCUT2D eigenvalue weighted by Gasteiger charge is -2.24. The number of para-hydroxylation sites is 3. The fraction of sp³-hybridized carbons (Fsp3) is 0. The van der Waals surface area contributed by atoms with Crippen LogP contribution >= 0.6 is 22.7 Å². The van der Waals surface area contributed by atoms with E-state index in [1.165, 1.54) is 30.9 Å². The second-order valence-electron chi connectivity index (χ2n) is 14.2. The van der Waals surface area contributed by atoms with Crippen LogP contribution in [0.4, 0.5) is 32.8 Å². The van der Waals surface area contributed by atoms with Gasteiger partial charge in [-0.1, -0.05) is 140 Å². The van der Waals surface area contributed by atoms with Crippen LogP contribution < -0.4 is 9.80 Å². The first-order valence-electron chi connectivity index (χ1n) is 19.8. The van der Waals surface area contributed by atoms with Crippen LogP contribution in [-0.4, -0.2) is 4.57 Å². The molecular formula is C54H39N3S2. The van der Waals surface area contributed by atoms with E-state index in [0.29, 0.717) is 0 Å². The van der Waals surface area contributed by atoms with Crippen LogP contribution in [0.1, 0.15) is 0 Å². The van der Waals surface area contributed by atoms with Gasteiger partial charge in [-0.15, -0.1) is 22.7 Å². The summed E-state index contributed by atoms with van der Waals surface area (Å²) in [6, 6.07) is 84.5. The first-order valence-corrected chi connectivity index (χ1v) is 21.4. The third-order valence-electron chi connectivity index (χ3n) is 10.5. The van der Waals surface area contributed by atoms with Crippen molar-refractivity contribution in [2.24, 2.45) is 0 Å². The topological polar surface area (TPSA) is 11.4 Å². The molecule has 0 aliphatic carbocycles. The highest BCUT2D eigenvalue weighted by atomic mass is 32.1. The summed E-state index contributed by atoms with van der Waals surface area (Å²) in [6.45, 7) is 0. The van der Waals surface area contributed by atoms with E-state index in [2.05, 4.69) is 251 Å². The summed E-state index contributed by atoms with van der Waals surface area (Å²) in [7, 11) is 0. The summed E-state index contributed by atoms with van der Waals surface area (Å²) in [5, 5.41) is 2.34. The molecule has 0 fully saturated rings. The minimum atomic E-state index is 1.11. The molecule has 0 saturated carbocycles. The molecule has 0 amide bonds. The maximum Gasteiger partial charge on any atom is 0.101 e. The summed E-state index contributed by atoms with van der Waals surface area (Å²) in [6.07, 6.45) is 0. The average molecular weight is 794 g/mol. The third kappa shape index (κ3) is 7.41. The Kier molecular flexibility index (Phi) is 10.0. The first-order chi connectivity index (χ1) is 29.3. The highest BCUT2D eigenvalue weighted by Crippen LogP contribution is 2.44. The molecule has 59 heavy (non-hydrogen) atoms. The van der Waals surface area contributed by atoms with E-state index < -0.39 is 0 Å². The van der Waals surface area contributed by atoms with Gasteiger partial charge in [-0.2, -0.15) is 0 Å². The van der Waals surface area contributed by atoms with Crippen molar-refractivity contribution in [2.75, 3.05) is 9.80 Å². The number of anilines is 6. The molecule has 0 bridgehead atoms. The normalized spacial score (nSPS) is 11.1. The number of hydrogen-bond acceptors (Lipinski definition) is 4. The number of hydrogen-bond donors (Lipinski definition) is 0. The molecule has 282 valence electrons. The second kappa shape index (κ2) is 16.4. The molecule has 0 saturated heterocycles. The predicted octanol–water partition coefficient (Wildman–Crippen LogP) is 16.2. The van der Waals surface area contributed by atoms with Crippen LogP contribution in [0.5, 0.6) is 0 Å². The van der Waals surface area contributed by atoms with E-state index >= 15 is 0 Å². The number of aromatic nitrogens is 1. The maximum absolute atomic E-state index is 2.38. The zero-order valence-corrected chi connectivity index (χ0v) is 33.8. The van der Waals surface area contributed by atoms with Crippen LogP contribution in [-0.2, 0) is 0 Å². The molecular weight excluding hydrogens is 755 g/mol. The molecule has 0 atom stereocenters. The average Bonchev–Trinajstić information content (AvgIpc) is 4.11. The van der Waals surface area contributed by atoms with Gasteiger partial charge in [0, 0.05) is 38.2 Å². The minimum absolute atomic E-state index is 1.11. The van der Waals surface area contributed by atoms with Crippen molar-refractivity contribution in [2.45, 2.75) is 0 Å². The van der Waals surface area contributed by atoms with Gasteiger partial charge in [0.1, 0.15) is 10.0 Å². The molecule has 0 unspecified atom stereocenters. The predicted molar refractivity (Wildman–Crippen MR) is 253 cm³/mol. The zero-order chi connectivity index (χ0) is 39.4. The molecule has 0 N–H and O–H groups in total. The van der Waals surface area contributed by atoms with Crippen molar-refractivity contribution in [3.05, 3.63) is 237 Å². The molecule has 3 aromatic heterocycles. The second-order valence-corrected chi connectivity index (χ2v) is 16.3. The van der Waals surface area contributed by atoms with Crippen molar-refractivity contribution in [3.63, 3.8) is 0 Å². The molecule has 0 aliphatic rings. The van der Waals surface area contributed by atoms with E-state index in [-0.39, 0.29) is 0 Å². The Morgan fingerprint density at radius 1 is 0.271 bits per heavy atom. The van der Waals surface area contributed by atoms with Gasteiger partial charge in [0.2, 0.25) is 0 Å². The lowest BCUT2D eigenvalue weighted by atomic mass is 10.1. The van der Waals surface area contributed by atoms with Gasteiger partial charge in [-0.05, 0) is 119 Å². The summed E-state index contributed by atoms with van der Waals surface area (Å²) in [4.78, 5) is 7.19. The highest BCUT2D eigenvalue weighted by molar-refractivity contribution is 7.19. The van der Waals surface area contributed by atoms with E-state index in [9.17, 15) is 0 Å². The number of nitrogens with zero attached hydrogens (tertiary/aromatic N) is 3. The summed E-state index contributed by atoms with van der Waals surface area (Å²) < 4.78 is 2.38. The number of rotatable bonds is 11. The summed E-state index contributed by atoms with van der Waals surface area (Å²) in [5.41, 5.74) is 12.6. The van der Waals surface area contributed by atoms with Gasteiger partial charge >= 0.3 is 0 Å². The Morgan fingerprint density at radius 3 is 1.00 bits per heavy atom. The summed E-state index contributed by atoms with van der Waals surface area (Å²) >= 11 is 3.61. The van der Waals surface area contributed by atoms with Crippen LogP contribution in [0.15, 0.2) is 237 Å². The van der Waals surface area contributed by atoms with Gasteiger partial charge in [0.15, 0.2) is 0 Å². The van der Waals surface area contributed by atoms with Crippen LogP contribution in [0, 0.1) is 0 Å². The quantitative estimate of drug-likeness (QED) is 0.129. The van der Waals surface area contributed by atoms with Crippen molar-refractivity contribution in [1.29, 1.82) is 0 Å². The zero-order valence-electron chi connectivity index (χ0n) is 32.2. The Bertz CT molecular complexity index is 2720. The van der Waals surface area contributed by atoms with E-state index in [0.717, 1.165) is 51.0 Å². The standard InChI is InChI=1S/C54H39N3S2/c1-6-16-42(17-7-1)51-36-38-53(58-51)55(44-20-10-3-11-21-44)47-30-26-40(27-31-47)49-34-35-50(57(49)46-24-14-5-15-25-46)41-28-32-48(33-29-41)56(45-22-12-4-13-23-45)54-39-37-52(59-54)43-18-8-2-9-19-43/h1-39H. The van der Waals surface area contributed by atoms with Crippen molar-refractivity contribution in [3.8, 4) is 49.1 Å². The number of benzene rings is 7. The molecule has 3 heterocycles. The Hall–Kier alpha value is -7.18. The molecule has 0 aliphatic heterocycles. The van der Waals surface area contributed by atoms with Crippen molar-refractivity contribution < 1.29 is 0 Å². The largest absolute Gasteiger partial charge is 0.309 e. The van der Waals surface area contributed by atoms with Crippen molar-refractivity contribution in [1.82, 2.24) is 4.57 Å². The third-order valence-corrected chi connectivity index (χ3v) is 12.7. The minimum Gasteiger partial charge on any atom is -0.309 e. The van der Waals surface area contributed by atoms with Gasteiger partial charge < -0.3 is 14.4 Å². The lowest BCUT2D eigenvalue weighted by Crippen LogP contribution is -2.08. The highest BCUT2D eigenvalue weighted by Gasteiger charge is 2.19. The van der Waals surface area contributed by atoms with Crippen LogP contribution in [0.25, 0.3) is 49.1 Å². The Balaban J connectivity index is 1.00. The number of thiophene rings is 2. The molecule has 10 aromatic rings. The van der Waals surface area contributed by atoms with Gasteiger partial charge in [-0.3, -0.25) is 0 Å². The molecule has 7 aromatic carbocycles. The van der Waals surface area contributed by atoms with E-state index in [1.54, 1.807) is 22.7 Å². The fourth-order valence-electron chi connectivity index (χ4n) is 7.68. The van der Waals surface area contributed by atoms with Gasteiger partial charge in [0.05, 0.1) is 11.4 Å². The van der Waals surface area contributed by atoms with E-state index in [1.807, 2.05) is 0 Å². The van der Waals surface area contributed by atoms with Crippen LogP contribution in [0.3, 0.4) is 0 Å². The van der Waals surface area contributed by atoms with Crippen molar-refractivity contribution >= 4 is 55.4 Å². The Morgan fingerprint density at radius 2 is 0.610 bits per heavy atom. The van der Waals surface area contributed by atoms with E-state index in [4.69, 9.17) is 0 Å².